The number of thiol groups is 1. The molecule has 0 spiro atoms. The first-order valence-electron chi connectivity index (χ1n) is 8.12. The third kappa shape index (κ3) is 7.01. The maximum Gasteiger partial charge on any atom is 0.337 e. The van der Waals surface area contributed by atoms with Crippen molar-refractivity contribution < 1.29 is 19.4 Å². The Labute approximate surface area is 187 Å². The van der Waals surface area contributed by atoms with Crippen LogP contribution in [-0.2, 0) is 11.3 Å². The van der Waals surface area contributed by atoms with Gasteiger partial charge < -0.3 is 19.9 Å². The zero-order valence-corrected chi connectivity index (χ0v) is 18.7. The van der Waals surface area contributed by atoms with Gasteiger partial charge in [-0.05, 0) is 30.3 Å². The van der Waals surface area contributed by atoms with Crippen LogP contribution < -0.4 is 10.1 Å². The topological polar surface area (TPSA) is 80.7 Å². The summed E-state index contributed by atoms with van der Waals surface area (Å²) >= 11 is 16.9. The number of hydrogen-bond donors (Lipinski definition) is 3. The zero-order chi connectivity index (χ0) is 21.4. The molecule has 0 atom stereocenters. The summed E-state index contributed by atoms with van der Waals surface area (Å²) in [6, 6.07) is 9.96. The monoisotopic (exact) mass is 472 g/mol. The van der Waals surface area contributed by atoms with Gasteiger partial charge in [0.15, 0.2) is 5.13 Å². The van der Waals surface area contributed by atoms with Gasteiger partial charge in [-0.25, -0.2) is 9.78 Å². The number of rotatable bonds is 5. The fraction of sp³-hybridized carbons (Fsp3) is 0.158. The molecule has 0 radical (unpaired) electrons. The first kappa shape index (κ1) is 23.2. The van der Waals surface area contributed by atoms with Crippen molar-refractivity contribution in [2.75, 3.05) is 19.5 Å². The SMILES string of the molecule is COC(=O)c1ccc(S)c(Cl)c1.COc1ccc(CNc2ncc(Cl)s2)c(O)c1. The lowest BCUT2D eigenvalue weighted by Crippen LogP contribution is -2.00. The summed E-state index contributed by atoms with van der Waals surface area (Å²) in [5.74, 6) is 0.424. The lowest BCUT2D eigenvalue weighted by molar-refractivity contribution is 0.0600. The van der Waals surface area contributed by atoms with Gasteiger partial charge in [0.1, 0.15) is 15.8 Å². The number of nitrogens with zero attached hydrogens (tertiary/aromatic N) is 1. The molecule has 0 aliphatic rings. The molecule has 0 aliphatic carbocycles. The average Bonchev–Trinajstić information content (AvgIpc) is 3.14. The minimum absolute atomic E-state index is 0.194. The Morgan fingerprint density at radius 1 is 1.24 bits per heavy atom. The number of halogens is 2. The molecule has 1 heterocycles. The van der Waals surface area contributed by atoms with E-state index in [1.165, 1.54) is 24.5 Å². The molecule has 0 bridgehead atoms. The summed E-state index contributed by atoms with van der Waals surface area (Å²) in [6.45, 7) is 0.486. The first-order chi connectivity index (χ1) is 13.8. The maximum atomic E-state index is 11.0. The summed E-state index contributed by atoms with van der Waals surface area (Å²) in [7, 11) is 2.88. The van der Waals surface area contributed by atoms with E-state index in [0.29, 0.717) is 32.1 Å². The highest BCUT2D eigenvalue weighted by molar-refractivity contribution is 7.80. The van der Waals surface area contributed by atoms with Gasteiger partial charge in [0.05, 0.1) is 31.0 Å². The smallest absolute Gasteiger partial charge is 0.337 e. The lowest BCUT2D eigenvalue weighted by Gasteiger charge is -2.07. The number of phenols is 1. The van der Waals surface area contributed by atoms with Crippen molar-refractivity contribution in [1.29, 1.82) is 0 Å². The van der Waals surface area contributed by atoms with Crippen molar-refractivity contribution in [3.05, 3.63) is 63.1 Å². The number of aromatic hydroxyl groups is 1. The molecule has 2 aromatic carbocycles. The summed E-state index contributed by atoms with van der Waals surface area (Å²) < 4.78 is 10.1. The van der Waals surface area contributed by atoms with E-state index in [1.807, 2.05) is 0 Å². The van der Waals surface area contributed by atoms with Crippen LogP contribution in [0.3, 0.4) is 0 Å². The number of esters is 1. The molecule has 6 nitrogen and oxygen atoms in total. The minimum Gasteiger partial charge on any atom is -0.507 e. The lowest BCUT2D eigenvalue weighted by atomic mass is 10.2. The Bertz CT molecular complexity index is 983. The van der Waals surface area contributed by atoms with Gasteiger partial charge in [0, 0.05) is 23.1 Å². The fourth-order valence-corrected chi connectivity index (χ4v) is 3.21. The third-order valence-electron chi connectivity index (χ3n) is 3.57. The molecule has 0 saturated carbocycles. The predicted molar refractivity (Wildman–Crippen MR) is 119 cm³/mol. The number of nitrogens with one attached hydrogen (secondary N) is 1. The molecule has 0 amide bonds. The third-order valence-corrected chi connectivity index (χ3v) is 5.48. The number of phenolic OH excluding ortho intramolecular Hbond substituents is 1. The Balaban J connectivity index is 0.000000221. The fourth-order valence-electron chi connectivity index (χ4n) is 2.08. The number of thiazole rings is 1. The second-order valence-electron chi connectivity index (χ2n) is 5.48. The van der Waals surface area contributed by atoms with Crippen LogP contribution >= 0.6 is 47.2 Å². The quantitative estimate of drug-likeness (QED) is 0.334. The molecular formula is C19H18Cl2N2O4S2. The van der Waals surface area contributed by atoms with Crippen molar-refractivity contribution in [3.63, 3.8) is 0 Å². The highest BCUT2D eigenvalue weighted by atomic mass is 35.5. The van der Waals surface area contributed by atoms with Crippen LogP contribution in [0.1, 0.15) is 15.9 Å². The number of benzene rings is 2. The van der Waals surface area contributed by atoms with Crippen LogP contribution in [0.25, 0.3) is 0 Å². The molecule has 29 heavy (non-hydrogen) atoms. The van der Waals surface area contributed by atoms with Crippen molar-refractivity contribution in [2.24, 2.45) is 0 Å². The van der Waals surface area contributed by atoms with E-state index < -0.39 is 5.97 Å². The van der Waals surface area contributed by atoms with E-state index in [4.69, 9.17) is 27.9 Å². The number of anilines is 1. The molecule has 0 unspecified atom stereocenters. The van der Waals surface area contributed by atoms with Gasteiger partial charge in [0.2, 0.25) is 0 Å². The minimum atomic E-state index is -0.398. The van der Waals surface area contributed by atoms with Gasteiger partial charge in [-0.1, -0.05) is 34.5 Å². The molecule has 1 aromatic heterocycles. The molecule has 0 saturated heterocycles. The molecule has 2 N–H and O–H groups in total. The van der Waals surface area contributed by atoms with Gasteiger partial charge in [-0.3, -0.25) is 0 Å². The van der Waals surface area contributed by atoms with Crippen LogP contribution in [0.2, 0.25) is 9.36 Å². The number of ether oxygens (including phenoxy) is 2. The van der Waals surface area contributed by atoms with Crippen LogP contribution in [0.15, 0.2) is 47.5 Å². The Hall–Kier alpha value is -2.13. The van der Waals surface area contributed by atoms with Crippen LogP contribution in [0.5, 0.6) is 11.5 Å². The molecule has 3 rings (SSSR count). The highest BCUT2D eigenvalue weighted by Gasteiger charge is 2.06. The molecular weight excluding hydrogens is 455 g/mol. The van der Waals surface area contributed by atoms with Gasteiger partial charge in [-0.2, -0.15) is 0 Å². The second-order valence-corrected chi connectivity index (χ2v) is 8.03. The molecule has 154 valence electrons. The largest absolute Gasteiger partial charge is 0.507 e. The van der Waals surface area contributed by atoms with Crippen molar-refractivity contribution >= 4 is 58.3 Å². The van der Waals surface area contributed by atoms with E-state index in [0.717, 1.165) is 10.7 Å². The van der Waals surface area contributed by atoms with Crippen molar-refractivity contribution in [2.45, 2.75) is 11.4 Å². The number of carbonyl (C=O) groups excluding carboxylic acids is 1. The van der Waals surface area contributed by atoms with Crippen LogP contribution in [-0.4, -0.2) is 30.3 Å². The number of carbonyl (C=O) groups is 1. The van der Waals surface area contributed by atoms with Crippen molar-refractivity contribution in [1.82, 2.24) is 4.98 Å². The van der Waals surface area contributed by atoms with E-state index in [2.05, 4.69) is 27.7 Å². The second kappa shape index (κ2) is 11.2. The number of aromatic nitrogens is 1. The Morgan fingerprint density at radius 2 is 2.00 bits per heavy atom. The number of hydrogen-bond acceptors (Lipinski definition) is 8. The predicted octanol–water partition coefficient (Wildman–Crippen LogP) is 5.54. The normalized spacial score (nSPS) is 9.97. The van der Waals surface area contributed by atoms with E-state index >= 15 is 0 Å². The molecule has 0 aliphatic heterocycles. The first-order valence-corrected chi connectivity index (χ1v) is 10.1. The molecule has 10 heteroatoms. The summed E-state index contributed by atoms with van der Waals surface area (Å²) in [5, 5.41) is 14.0. The Kier molecular flexibility index (Phi) is 8.91. The van der Waals surface area contributed by atoms with E-state index in [9.17, 15) is 9.90 Å². The summed E-state index contributed by atoms with van der Waals surface area (Å²) in [4.78, 5) is 15.7. The standard InChI is InChI=1S/C11H11ClN2O2S.C8H7ClO2S/c1-16-8-3-2-7(9(15)4-8)5-13-11-14-6-10(12)17-11;1-11-8(10)5-2-3-7(12)6(9)4-5/h2-4,6,15H,5H2,1H3,(H,13,14);2-4,12H,1H3. The maximum absolute atomic E-state index is 11.0. The van der Waals surface area contributed by atoms with Gasteiger partial charge in [0.25, 0.3) is 0 Å². The molecule has 3 aromatic rings. The Morgan fingerprint density at radius 3 is 2.55 bits per heavy atom. The summed E-state index contributed by atoms with van der Waals surface area (Å²) in [5.41, 5.74) is 1.21. The van der Waals surface area contributed by atoms with Crippen molar-refractivity contribution in [3.8, 4) is 11.5 Å². The summed E-state index contributed by atoms with van der Waals surface area (Å²) in [6.07, 6.45) is 1.59. The van der Waals surface area contributed by atoms with E-state index in [-0.39, 0.29) is 5.75 Å². The number of methoxy groups -OCH3 is 2. The zero-order valence-electron chi connectivity index (χ0n) is 15.5. The molecule has 0 fully saturated rings. The average molecular weight is 473 g/mol. The van der Waals surface area contributed by atoms with Gasteiger partial charge in [-0.15, -0.1) is 12.6 Å². The van der Waals surface area contributed by atoms with Crippen LogP contribution in [0, 0.1) is 0 Å². The highest BCUT2D eigenvalue weighted by Crippen LogP contribution is 2.26. The van der Waals surface area contributed by atoms with Gasteiger partial charge >= 0.3 is 5.97 Å². The van der Waals surface area contributed by atoms with E-state index in [1.54, 1.807) is 43.6 Å². The van der Waals surface area contributed by atoms with Crippen LogP contribution in [0.4, 0.5) is 5.13 Å².